The van der Waals surface area contributed by atoms with E-state index in [4.69, 9.17) is 4.74 Å². The molecule has 0 bridgehead atoms. The van der Waals surface area contributed by atoms with E-state index in [1.165, 1.54) is 17.1 Å². The van der Waals surface area contributed by atoms with Crippen LogP contribution >= 0.6 is 12.4 Å². The van der Waals surface area contributed by atoms with E-state index in [0.717, 1.165) is 17.9 Å². The summed E-state index contributed by atoms with van der Waals surface area (Å²) < 4.78 is 6.86. The van der Waals surface area contributed by atoms with Gasteiger partial charge >= 0.3 is 5.69 Å². The van der Waals surface area contributed by atoms with Crippen LogP contribution in [0, 0.1) is 10.1 Å². The third-order valence-corrected chi connectivity index (χ3v) is 4.45. The maximum Gasteiger partial charge on any atom is 0.306 e. The highest BCUT2D eigenvalue weighted by Crippen LogP contribution is 2.30. The summed E-state index contributed by atoms with van der Waals surface area (Å²) in [5, 5.41) is 18.0. The Morgan fingerprint density at radius 2 is 2.22 bits per heavy atom. The lowest BCUT2D eigenvalue weighted by molar-refractivity contribution is -0.385. The van der Waals surface area contributed by atoms with Crippen molar-refractivity contribution in [2.75, 3.05) is 26.7 Å². The number of aromatic nitrogens is 2. The summed E-state index contributed by atoms with van der Waals surface area (Å²) >= 11 is 0. The lowest BCUT2D eigenvalue weighted by Gasteiger charge is -2.37. The Morgan fingerprint density at radius 1 is 1.44 bits per heavy atom. The molecule has 1 N–H and O–H groups in total. The van der Waals surface area contributed by atoms with Crippen molar-refractivity contribution in [2.45, 2.75) is 19.0 Å². The molecule has 146 valence electrons. The Hall–Kier alpha value is -2.65. The maximum atomic E-state index is 12.8. The molecular weight excluding hydrogens is 374 g/mol. The van der Waals surface area contributed by atoms with Gasteiger partial charge < -0.3 is 15.0 Å². The molecule has 1 atom stereocenters. The molecule has 1 aliphatic heterocycles. The number of piperazine rings is 1. The predicted molar refractivity (Wildman–Crippen MR) is 101 cm³/mol. The number of methoxy groups -OCH3 is 1. The van der Waals surface area contributed by atoms with Crippen LogP contribution in [0.3, 0.4) is 0 Å². The molecule has 2 aromatic rings. The standard InChI is InChI=1S/C17H21N5O4.ClH/c1-26-16-5-3-2-4-14(16)15-11-18-7-9-21(15)17(23)6-8-20-12-13(10-19-20)22(24)25;/h2-5,10,12,15,18H,6-9,11H2,1H3;1H. The van der Waals surface area contributed by atoms with Gasteiger partial charge in [0.15, 0.2) is 0 Å². The second kappa shape index (κ2) is 9.33. The molecule has 1 unspecified atom stereocenters. The van der Waals surface area contributed by atoms with Crippen LogP contribution < -0.4 is 10.1 Å². The number of carbonyl (C=O) groups excluding carboxylic acids is 1. The fourth-order valence-electron chi connectivity index (χ4n) is 3.15. The van der Waals surface area contributed by atoms with E-state index in [-0.39, 0.29) is 36.5 Å². The number of ether oxygens (including phenoxy) is 1. The summed E-state index contributed by atoms with van der Waals surface area (Å²) in [7, 11) is 1.62. The van der Waals surface area contributed by atoms with Crippen molar-refractivity contribution in [3.63, 3.8) is 0 Å². The number of hydrogen-bond acceptors (Lipinski definition) is 6. The predicted octanol–water partition coefficient (Wildman–Crippen LogP) is 1.78. The van der Waals surface area contributed by atoms with Crippen molar-refractivity contribution in [3.05, 3.63) is 52.3 Å². The van der Waals surface area contributed by atoms with Gasteiger partial charge in [-0.3, -0.25) is 19.6 Å². The summed E-state index contributed by atoms with van der Waals surface area (Å²) in [4.78, 5) is 24.8. The lowest BCUT2D eigenvalue weighted by Crippen LogP contribution is -2.49. The Morgan fingerprint density at radius 3 is 2.93 bits per heavy atom. The van der Waals surface area contributed by atoms with Gasteiger partial charge in [0.2, 0.25) is 5.91 Å². The topological polar surface area (TPSA) is 103 Å². The van der Waals surface area contributed by atoms with E-state index in [2.05, 4.69) is 10.4 Å². The number of amides is 1. The number of benzene rings is 1. The number of nitrogens with one attached hydrogen (secondary N) is 1. The summed E-state index contributed by atoms with van der Waals surface area (Å²) in [6.45, 7) is 2.28. The Kier molecular flexibility index (Phi) is 7.14. The van der Waals surface area contributed by atoms with E-state index in [9.17, 15) is 14.9 Å². The average Bonchev–Trinajstić information content (AvgIpc) is 3.15. The molecular formula is C17H22ClN5O4. The summed E-state index contributed by atoms with van der Waals surface area (Å²) in [5.41, 5.74) is 0.886. The second-order valence-electron chi connectivity index (χ2n) is 6.02. The van der Waals surface area contributed by atoms with Crippen LogP contribution in [0.4, 0.5) is 5.69 Å². The molecule has 1 fully saturated rings. The van der Waals surface area contributed by atoms with Gasteiger partial charge in [0, 0.05) is 38.2 Å². The minimum absolute atomic E-state index is 0. The van der Waals surface area contributed by atoms with Crippen molar-refractivity contribution < 1.29 is 14.5 Å². The average molecular weight is 396 g/mol. The first-order valence-corrected chi connectivity index (χ1v) is 8.40. The molecule has 1 amide bonds. The van der Waals surface area contributed by atoms with E-state index in [1.807, 2.05) is 29.2 Å². The second-order valence-corrected chi connectivity index (χ2v) is 6.02. The minimum atomic E-state index is -0.501. The first kappa shape index (κ1) is 20.7. The highest BCUT2D eigenvalue weighted by molar-refractivity contribution is 5.85. The van der Waals surface area contributed by atoms with E-state index >= 15 is 0 Å². The van der Waals surface area contributed by atoms with Gasteiger partial charge in [-0.05, 0) is 6.07 Å². The molecule has 1 saturated heterocycles. The molecule has 9 nitrogen and oxygen atoms in total. The number of hydrogen-bond donors (Lipinski definition) is 1. The Bertz CT molecular complexity index is 797. The number of carbonyl (C=O) groups is 1. The van der Waals surface area contributed by atoms with E-state index < -0.39 is 4.92 Å². The van der Waals surface area contributed by atoms with Crippen molar-refractivity contribution >= 4 is 24.0 Å². The Balaban J connectivity index is 0.00000261. The van der Waals surface area contributed by atoms with Crippen molar-refractivity contribution in [1.29, 1.82) is 0 Å². The van der Waals surface area contributed by atoms with Crippen molar-refractivity contribution in [1.82, 2.24) is 20.0 Å². The molecule has 3 rings (SSSR count). The minimum Gasteiger partial charge on any atom is -0.496 e. The number of halogens is 1. The van der Waals surface area contributed by atoms with Gasteiger partial charge in [-0.1, -0.05) is 18.2 Å². The zero-order valence-electron chi connectivity index (χ0n) is 14.9. The molecule has 27 heavy (non-hydrogen) atoms. The molecule has 0 radical (unpaired) electrons. The van der Waals surface area contributed by atoms with Crippen LogP contribution in [0.5, 0.6) is 5.75 Å². The zero-order chi connectivity index (χ0) is 18.5. The van der Waals surface area contributed by atoms with E-state index in [1.54, 1.807) is 7.11 Å². The van der Waals surface area contributed by atoms with Crippen LogP contribution in [0.25, 0.3) is 0 Å². The van der Waals surface area contributed by atoms with Crippen LogP contribution in [0.2, 0.25) is 0 Å². The normalized spacial score (nSPS) is 16.5. The highest BCUT2D eigenvalue weighted by atomic mass is 35.5. The summed E-state index contributed by atoms with van der Waals surface area (Å²) in [6.07, 6.45) is 2.75. The third kappa shape index (κ3) is 4.75. The zero-order valence-corrected chi connectivity index (χ0v) is 15.7. The van der Waals surface area contributed by atoms with Gasteiger partial charge in [-0.15, -0.1) is 12.4 Å². The number of nitrogens with zero attached hydrogens (tertiary/aromatic N) is 4. The van der Waals surface area contributed by atoms with Gasteiger partial charge in [0.25, 0.3) is 0 Å². The Labute approximate surface area is 162 Å². The van der Waals surface area contributed by atoms with Gasteiger partial charge in [-0.2, -0.15) is 5.10 Å². The van der Waals surface area contributed by atoms with Crippen LogP contribution in [0.15, 0.2) is 36.7 Å². The molecule has 0 saturated carbocycles. The number of nitro groups is 1. The third-order valence-electron chi connectivity index (χ3n) is 4.45. The number of rotatable bonds is 6. The SMILES string of the molecule is COc1ccccc1C1CNCCN1C(=O)CCn1cc([N+](=O)[O-])cn1.Cl. The molecule has 0 spiro atoms. The first-order valence-electron chi connectivity index (χ1n) is 8.40. The summed E-state index contributed by atoms with van der Waals surface area (Å²) in [6, 6.07) is 7.57. The van der Waals surface area contributed by atoms with Gasteiger partial charge in [0.1, 0.15) is 18.1 Å². The largest absolute Gasteiger partial charge is 0.496 e. The first-order chi connectivity index (χ1) is 12.6. The summed E-state index contributed by atoms with van der Waals surface area (Å²) in [5.74, 6) is 0.738. The van der Waals surface area contributed by atoms with Crippen molar-refractivity contribution in [3.8, 4) is 5.75 Å². The van der Waals surface area contributed by atoms with Crippen molar-refractivity contribution in [2.24, 2.45) is 0 Å². The van der Waals surface area contributed by atoms with Crippen LogP contribution in [-0.2, 0) is 11.3 Å². The molecule has 2 heterocycles. The molecule has 1 aliphatic rings. The molecule has 10 heteroatoms. The number of para-hydroxylation sites is 1. The lowest BCUT2D eigenvalue weighted by atomic mass is 10.0. The quantitative estimate of drug-likeness (QED) is 0.590. The van der Waals surface area contributed by atoms with E-state index in [0.29, 0.717) is 19.6 Å². The highest BCUT2D eigenvalue weighted by Gasteiger charge is 2.29. The number of aryl methyl sites for hydroxylation is 1. The van der Waals surface area contributed by atoms with Gasteiger partial charge in [0.05, 0.1) is 18.1 Å². The fourth-order valence-corrected chi connectivity index (χ4v) is 3.15. The van der Waals surface area contributed by atoms with Crippen LogP contribution in [-0.4, -0.2) is 52.3 Å². The molecule has 0 aliphatic carbocycles. The van der Waals surface area contributed by atoms with Crippen LogP contribution in [0.1, 0.15) is 18.0 Å². The molecule has 1 aromatic carbocycles. The van der Waals surface area contributed by atoms with Gasteiger partial charge in [-0.25, -0.2) is 0 Å². The smallest absolute Gasteiger partial charge is 0.306 e. The molecule has 1 aromatic heterocycles. The monoisotopic (exact) mass is 395 g/mol. The fraction of sp³-hybridized carbons (Fsp3) is 0.412. The maximum absolute atomic E-state index is 12.8.